The normalized spacial score (nSPS) is 23.2. The highest BCUT2D eigenvalue weighted by Crippen LogP contribution is 2.45. The second kappa shape index (κ2) is 13.7. The Morgan fingerprint density at radius 1 is 1.00 bits per heavy atom. The standard InChI is InChI=1S/C38H51N7O/c1-2-28-14-19-42-37(40)34(35(39)29-8-10-33(11-9-29)46-32-6-4-3-5-7-32)36(28)43-30-15-20-45(21-16-30)31-12-17-38(18-13-31)25-44(26-38)24-27-22-41-23-27/h3-11,19,27,30-31,39,41,43H,2,12-18,20-26,40H2,1H3. The molecule has 0 amide bonds. The lowest BCUT2D eigenvalue weighted by Gasteiger charge is -2.56. The molecule has 0 radical (unpaired) electrons. The summed E-state index contributed by atoms with van der Waals surface area (Å²) in [4.78, 5) is 10.1. The summed E-state index contributed by atoms with van der Waals surface area (Å²) in [6.07, 6.45) is 11.3. The summed E-state index contributed by atoms with van der Waals surface area (Å²) in [6.45, 7) is 10.9. The van der Waals surface area contributed by atoms with E-state index >= 15 is 0 Å². The zero-order chi connectivity index (χ0) is 31.5. The molecule has 7 rings (SSSR count). The minimum Gasteiger partial charge on any atom is -0.457 e. The first-order valence-electron chi connectivity index (χ1n) is 17.6. The number of hydrogen-bond acceptors (Lipinski definition) is 8. The molecule has 1 spiro atoms. The lowest BCUT2D eigenvalue weighted by atomic mass is 9.67. The van der Waals surface area contributed by atoms with Crippen LogP contribution in [0.25, 0.3) is 0 Å². The Kier molecular flexibility index (Phi) is 9.29. The molecule has 8 heteroatoms. The second-order valence-electron chi connectivity index (χ2n) is 14.3. The van der Waals surface area contributed by atoms with E-state index in [9.17, 15) is 5.41 Å². The van der Waals surface area contributed by atoms with Gasteiger partial charge in [-0.2, -0.15) is 0 Å². The van der Waals surface area contributed by atoms with E-state index < -0.39 is 0 Å². The average molecular weight is 622 g/mol. The third kappa shape index (κ3) is 6.80. The van der Waals surface area contributed by atoms with Crippen molar-refractivity contribution in [1.29, 1.82) is 5.41 Å². The molecule has 244 valence electrons. The van der Waals surface area contributed by atoms with Crippen molar-refractivity contribution in [2.75, 3.05) is 45.8 Å². The molecule has 1 aliphatic carbocycles. The summed E-state index contributed by atoms with van der Waals surface area (Å²) >= 11 is 0. The molecule has 2 aromatic rings. The third-order valence-electron chi connectivity index (χ3n) is 11.1. The summed E-state index contributed by atoms with van der Waals surface area (Å²) in [6, 6.07) is 18.6. The fourth-order valence-electron chi connectivity index (χ4n) is 8.32. The van der Waals surface area contributed by atoms with Crippen LogP contribution in [0.1, 0.15) is 63.9 Å². The number of aliphatic imine (C=N–C) groups is 1. The first-order valence-corrected chi connectivity index (χ1v) is 17.6. The highest BCUT2D eigenvalue weighted by Gasteiger charge is 2.46. The van der Waals surface area contributed by atoms with E-state index in [-0.39, 0.29) is 0 Å². The van der Waals surface area contributed by atoms with Gasteiger partial charge in [0.25, 0.3) is 0 Å². The molecule has 4 heterocycles. The van der Waals surface area contributed by atoms with Crippen LogP contribution in [0.4, 0.5) is 0 Å². The molecule has 4 fully saturated rings. The van der Waals surface area contributed by atoms with Crippen LogP contribution in [0.3, 0.4) is 0 Å². The van der Waals surface area contributed by atoms with Crippen molar-refractivity contribution in [2.45, 2.75) is 70.4 Å². The van der Waals surface area contributed by atoms with E-state index in [1.54, 1.807) is 0 Å². The van der Waals surface area contributed by atoms with Crippen LogP contribution in [0.2, 0.25) is 0 Å². The fraction of sp³-hybridized carbons (Fsp3) is 0.526. The number of para-hydroxylation sites is 1. The van der Waals surface area contributed by atoms with Gasteiger partial charge >= 0.3 is 0 Å². The van der Waals surface area contributed by atoms with Crippen LogP contribution in [0.5, 0.6) is 11.5 Å². The molecule has 3 saturated heterocycles. The van der Waals surface area contributed by atoms with Crippen LogP contribution in [0.15, 0.2) is 82.3 Å². The number of rotatable bonds is 10. The summed E-state index contributed by atoms with van der Waals surface area (Å²) in [5.74, 6) is 2.83. The highest BCUT2D eigenvalue weighted by atomic mass is 16.5. The van der Waals surface area contributed by atoms with Crippen molar-refractivity contribution in [2.24, 2.45) is 22.1 Å². The Labute approximate surface area is 274 Å². The van der Waals surface area contributed by atoms with Gasteiger partial charge in [-0.25, -0.2) is 4.99 Å². The van der Waals surface area contributed by atoms with Crippen molar-refractivity contribution >= 4 is 11.9 Å². The molecule has 1 saturated carbocycles. The van der Waals surface area contributed by atoms with E-state index in [0.717, 1.165) is 73.5 Å². The van der Waals surface area contributed by atoms with Crippen molar-refractivity contribution in [3.63, 3.8) is 0 Å². The number of allylic oxidation sites excluding steroid dienone is 2. The Morgan fingerprint density at radius 3 is 2.35 bits per heavy atom. The molecular weight excluding hydrogens is 570 g/mol. The van der Waals surface area contributed by atoms with Crippen molar-refractivity contribution in [1.82, 2.24) is 20.4 Å². The molecule has 5 aliphatic rings. The summed E-state index contributed by atoms with van der Waals surface area (Å²) in [5, 5.41) is 16.6. The topological polar surface area (TPSA) is 102 Å². The monoisotopic (exact) mass is 621 g/mol. The van der Waals surface area contributed by atoms with Gasteiger partial charge in [0, 0.05) is 81.8 Å². The van der Waals surface area contributed by atoms with Crippen molar-refractivity contribution < 1.29 is 4.74 Å². The van der Waals surface area contributed by atoms with Crippen LogP contribution in [-0.4, -0.2) is 79.6 Å². The third-order valence-corrected chi connectivity index (χ3v) is 11.1. The molecule has 4 aliphatic heterocycles. The van der Waals surface area contributed by atoms with Gasteiger partial charge in [0.2, 0.25) is 0 Å². The zero-order valence-corrected chi connectivity index (χ0v) is 27.4. The van der Waals surface area contributed by atoms with Gasteiger partial charge in [-0.15, -0.1) is 0 Å². The summed E-state index contributed by atoms with van der Waals surface area (Å²) in [7, 11) is 0. The van der Waals surface area contributed by atoms with Gasteiger partial charge in [0.1, 0.15) is 17.3 Å². The van der Waals surface area contributed by atoms with Crippen molar-refractivity contribution in [3.05, 3.63) is 82.8 Å². The number of hydrogen-bond donors (Lipinski definition) is 4. The lowest BCUT2D eigenvalue weighted by Crippen LogP contribution is -2.62. The maximum absolute atomic E-state index is 9.29. The Balaban J connectivity index is 0.957. The molecule has 2 aromatic carbocycles. The molecule has 0 unspecified atom stereocenters. The molecule has 46 heavy (non-hydrogen) atoms. The van der Waals surface area contributed by atoms with E-state index in [0.29, 0.717) is 28.6 Å². The van der Waals surface area contributed by atoms with Crippen LogP contribution >= 0.6 is 0 Å². The fourth-order valence-corrected chi connectivity index (χ4v) is 8.32. The lowest BCUT2D eigenvalue weighted by molar-refractivity contribution is -0.0568. The van der Waals surface area contributed by atoms with Gasteiger partial charge in [-0.3, -0.25) is 5.41 Å². The Hall–Kier alpha value is -3.46. The Bertz CT molecular complexity index is 1450. The molecule has 0 aromatic heterocycles. The average Bonchev–Trinajstić information content (AvgIpc) is 3.20. The first-order chi connectivity index (χ1) is 22.5. The van der Waals surface area contributed by atoms with Gasteiger partial charge in [-0.05, 0) is 98.2 Å². The quantitative estimate of drug-likeness (QED) is 0.255. The number of nitrogens with one attached hydrogen (secondary N) is 3. The second-order valence-corrected chi connectivity index (χ2v) is 14.3. The highest BCUT2D eigenvalue weighted by molar-refractivity contribution is 6.14. The van der Waals surface area contributed by atoms with Gasteiger partial charge in [-0.1, -0.05) is 25.1 Å². The van der Waals surface area contributed by atoms with Crippen molar-refractivity contribution in [3.8, 4) is 11.5 Å². The number of ether oxygens (including phenoxy) is 1. The predicted molar refractivity (Wildman–Crippen MR) is 187 cm³/mol. The van der Waals surface area contributed by atoms with Crippen LogP contribution in [-0.2, 0) is 0 Å². The maximum Gasteiger partial charge on any atom is 0.134 e. The number of nitrogens with two attached hydrogens (primary N) is 1. The van der Waals surface area contributed by atoms with Gasteiger partial charge in [0.15, 0.2) is 0 Å². The van der Waals surface area contributed by atoms with Gasteiger partial charge < -0.3 is 30.9 Å². The minimum atomic E-state index is 0.360. The number of likely N-dealkylation sites (tertiary alicyclic amines) is 2. The number of piperidine rings is 1. The number of nitrogens with zero attached hydrogens (tertiary/aromatic N) is 3. The summed E-state index contributed by atoms with van der Waals surface area (Å²) in [5.41, 5.74) is 11.4. The van der Waals surface area contributed by atoms with Crippen LogP contribution in [0, 0.1) is 16.7 Å². The Morgan fingerprint density at radius 2 is 1.70 bits per heavy atom. The minimum absolute atomic E-state index is 0.360. The largest absolute Gasteiger partial charge is 0.457 e. The van der Waals surface area contributed by atoms with E-state index in [4.69, 9.17) is 10.5 Å². The van der Waals surface area contributed by atoms with E-state index in [1.807, 2.05) is 60.8 Å². The summed E-state index contributed by atoms with van der Waals surface area (Å²) < 4.78 is 5.99. The van der Waals surface area contributed by atoms with E-state index in [2.05, 4.69) is 32.3 Å². The molecular formula is C38H51N7O. The van der Waals surface area contributed by atoms with E-state index in [1.165, 1.54) is 64.0 Å². The van der Waals surface area contributed by atoms with Crippen LogP contribution < -0.4 is 21.1 Å². The molecule has 5 N–H and O–H groups in total. The maximum atomic E-state index is 9.29. The predicted octanol–water partition coefficient (Wildman–Crippen LogP) is 5.67. The van der Waals surface area contributed by atoms with Gasteiger partial charge in [0.05, 0.1) is 11.3 Å². The molecule has 0 bridgehead atoms. The SMILES string of the molecule is CCC1=C(NC2CCN(C3CCC4(CC3)CN(CC3CNC3)C4)CC2)C(C(=N)c2ccc(Oc3ccccc3)cc2)=C(N)N=CC1. The number of benzene rings is 2. The molecule has 0 atom stereocenters. The smallest absolute Gasteiger partial charge is 0.134 e. The molecule has 8 nitrogen and oxygen atoms in total. The first kappa shape index (κ1) is 31.2. The zero-order valence-electron chi connectivity index (χ0n) is 27.4.